The third kappa shape index (κ3) is 3.47. The second kappa shape index (κ2) is 7.64. The van der Waals surface area contributed by atoms with Gasteiger partial charge in [-0.15, -0.1) is 0 Å². The van der Waals surface area contributed by atoms with Crippen molar-refractivity contribution in [2.24, 2.45) is 0 Å². The fraction of sp³-hybridized carbons (Fsp3) is 0.174. The second-order valence-electron chi connectivity index (χ2n) is 7.13. The van der Waals surface area contributed by atoms with Gasteiger partial charge in [0.15, 0.2) is 5.11 Å². The molecule has 0 spiro atoms. The normalized spacial score (nSPS) is 14.3. The van der Waals surface area contributed by atoms with Crippen molar-refractivity contribution < 1.29 is 0 Å². The van der Waals surface area contributed by atoms with E-state index in [4.69, 9.17) is 12.2 Å². The quantitative estimate of drug-likeness (QED) is 0.400. The summed E-state index contributed by atoms with van der Waals surface area (Å²) in [6.45, 7) is 3.67. The van der Waals surface area contributed by atoms with Crippen molar-refractivity contribution in [2.45, 2.75) is 0 Å². The number of aromatic nitrogens is 2. The zero-order chi connectivity index (χ0) is 19.6. The monoisotopic (exact) mass is 399 g/mol. The molecule has 2 aromatic heterocycles. The highest BCUT2D eigenvalue weighted by atomic mass is 32.1. The molecule has 5 nitrogen and oxygen atoms in total. The van der Waals surface area contributed by atoms with Gasteiger partial charge in [-0.1, -0.05) is 30.3 Å². The maximum Gasteiger partial charge on any atom is 0.173 e. The number of anilines is 2. The summed E-state index contributed by atoms with van der Waals surface area (Å²) < 4.78 is 0. The molecule has 2 aromatic carbocycles. The number of para-hydroxylation sites is 1. The first-order valence-electron chi connectivity index (χ1n) is 9.78. The van der Waals surface area contributed by atoms with Gasteiger partial charge in [-0.2, -0.15) is 0 Å². The van der Waals surface area contributed by atoms with Crippen molar-refractivity contribution in [3.63, 3.8) is 0 Å². The molecular weight excluding hydrogens is 378 g/mol. The number of thiocarbonyl (C=S) groups is 1. The van der Waals surface area contributed by atoms with Gasteiger partial charge in [-0.25, -0.2) is 0 Å². The van der Waals surface area contributed by atoms with E-state index in [1.807, 2.05) is 30.6 Å². The van der Waals surface area contributed by atoms with E-state index >= 15 is 0 Å². The van der Waals surface area contributed by atoms with Crippen LogP contribution in [-0.4, -0.2) is 46.2 Å². The fourth-order valence-corrected chi connectivity index (χ4v) is 4.19. The van der Waals surface area contributed by atoms with Crippen LogP contribution >= 0.6 is 12.2 Å². The van der Waals surface area contributed by atoms with Crippen LogP contribution in [0.4, 0.5) is 11.4 Å². The number of fused-ring (bicyclic) bond motifs is 3. The van der Waals surface area contributed by atoms with Crippen LogP contribution in [0.3, 0.4) is 0 Å². The molecule has 4 aromatic rings. The lowest BCUT2D eigenvalue weighted by Crippen LogP contribution is -2.50. The van der Waals surface area contributed by atoms with Gasteiger partial charge in [0.05, 0.1) is 16.7 Å². The molecule has 3 heterocycles. The largest absolute Gasteiger partial charge is 0.368 e. The lowest BCUT2D eigenvalue weighted by atomic mass is 10.1. The maximum atomic E-state index is 5.75. The number of rotatable bonds is 2. The summed E-state index contributed by atoms with van der Waals surface area (Å²) in [5.41, 5.74) is 4.02. The highest BCUT2D eigenvalue weighted by Crippen LogP contribution is 2.29. The minimum Gasteiger partial charge on any atom is -0.368 e. The van der Waals surface area contributed by atoms with Crippen molar-refractivity contribution >= 4 is 50.5 Å². The standard InChI is InChI=1S/C23H21N5S/c29-23(28-14-12-27(13-15-28)17-6-2-1-3-7-17)26-21-16-20-18(8-4-10-24-20)19-9-5-11-25-22(19)21/h1-11,16H,12-15H2,(H,26,29). The van der Waals surface area contributed by atoms with Crippen LogP contribution in [0, 0.1) is 0 Å². The molecule has 0 saturated carbocycles. The molecule has 1 aliphatic heterocycles. The Morgan fingerprint density at radius 1 is 0.828 bits per heavy atom. The molecule has 0 radical (unpaired) electrons. The first-order valence-corrected chi connectivity index (χ1v) is 10.2. The van der Waals surface area contributed by atoms with Crippen molar-refractivity contribution in [3.05, 3.63) is 73.1 Å². The Balaban J connectivity index is 1.36. The van der Waals surface area contributed by atoms with Gasteiger partial charge in [-0.3, -0.25) is 9.97 Å². The number of benzene rings is 2. The topological polar surface area (TPSA) is 44.3 Å². The summed E-state index contributed by atoms with van der Waals surface area (Å²) in [4.78, 5) is 13.8. The van der Waals surface area contributed by atoms with E-state index in [-0.39, 0.29) is 0 Å². The van der Waals surface area contributed by atoms with E-state index < -0.39 is 0 Å². The predicted molar refractivity (Wildman–Crippen MR) is 123 cm³/mol. The average Bonchev–Trinajstić information content (AvgIpc) is 2.80. The zero-order valence-corrected chi connectivity index (χ0v) is 16.8. The van der Waals surface area contributed by atoms with E-state index in [2.05, 4.69) is 67.5 Å². The molecule has 29 heavy (non-hydrogen) atoms. The predicted octanol–water partition coefficient (Wildman–Crippen LogP) is 4.30. The Hall–Kier alpha value is -3.25. The van der Waals surface area contributed by atoms with Crippen molar-refractivity contribution in [1.82, 2.24) is 14.9 Å². The Morgan fingerprint density at radius 2 is 1.55 bits per heavy atom. The second-order valence-corrected chi connectivity index (χ2v) is 7.52. The minimum absolute atomic E-state index is 0.736. The van der Waals surface area contributed by atoms with Crippen LogP contribution in [0.1, 0.15) is 0 Å². The molecule has 1 N–H and O–H groups in total. The minimum atomic E-state index is 0.736. The number of nitrogens with one attached hydrogen (secondary N) is 1. The zero-order valence-electron chi connectivity index (χ0n) is 16.0. The molecule has 0 aliphatic carbocycles. The summed E-state index contributed by atoms with van der Waals surface area (Å²) in [5, 5.41) is 6.36. The van der Waals surface area contributed by atoms with Crippen LogP contribution in [0.25, 0.3) is 21.8 Å². The molecule has 144 valence electrons. The lowest BCUT2D eigenvalue weighted by molar-refractivity contribution is 0.391. The SMILES string of the molecule is S=C(Nc1cc2ncccc2c2cccnc12)N1CCN(c2ccccc2)CC1. The third-order valence-electron chi connectivity index (χ3n) is 5.40. The van der Waals surface area contributed by atoms with Crippen LogP contribution in [0.5, 0.6) is 0 Å². The van der Waals surface area contributed by atoms with Crippen molar-refractivity contribution in [3.8, 4) is 0 Å². The summed E-state index contributed by atoms with van der Waals surface area (Å²) >= 11 is 5.75. The van der Waals surface area contributed by atoms with Crippen LogP contribution in [0.15, 0.2) is 73.1 Å². The van der Waals surface area contributed by atoms with E-state index in [1.54, 1.807) is 0 Å². The number of hydrogen-bond acceptors (Lipinski definition) is 4. The molecule has 1 saturated heterocycles. The highest BCUT2D eigenvalue weighted by Gasteiger charge is 2.20. The summed E-state index contributed by atoms with van der Waals surface area (Å²) in [7, 11) is 0. The Labute approximate surface area is 175 Å². The van der Waals surface area contributed by atoms with E-state index in [9.17, 15) is 0 Å². The molecule has 1 aliphatic rings. The molecule has 6 heteroatoms. The molecule has 0 unspecified atom stereocenters. The van der Waals surface area contributed by atoms with Gasteiger partial charge in [0.1, 0.15) is 0 Å². The molecule has 0 amide bonds. The van der Waals surface area contributed by atoms with Crippen molar-refractivity contribution in [1.29, 1.82) is 0 Å². The maximum absolute atomic E-state index is 5.75. The Bertz CT molecular complexity index is 1170. The molecule has 0 atom stereocenters. The van der Waals surface area contributed by atoms with Gasteiger partial charge < -0.3 is 15.1 Å². The molecule has 1 fully saturated rings. The van der Waals surface area contributed by atoms with Crippen molar-refractivity contribution in [2.75, 3.05) is 36.4 Å². The van der Waals surface area contributed by atoms with Gasteiger partial charge in [0.2, 0.25) is 0 Å². The molecular formula is C23H21N5S. The van der Waals surface area contributed by atoms with Gasteiger partial charge >= 0.3 is 0 Å². The van der Waals surface area contributed by atoms with Crippen LogP contribution < -0.4 is 10.2 Å². The number of piperazine rings is 1. The van der Waals surface area contributed by atoms with Crippen LogP contribution in [-0.2, 0) is 0 Å². The summed E-state index contributed by atoms with van der Waals surface area (Å²) in [6.07, 6.45) is 3.63. The lowest BCUT2D eigenvalue weighted by Gasteiger charge is -2.37. The van der Waals surface area contributed by atoms with E-state index in [0.29, 0.717) is 0 Å². The fourth-order valence-electron chi connectivity index (χ4n) is 3.90. The number of hydrogen-bond donors (Lipinski definition) is 1. The smallest absolute Gasteiger partial charge is 0.173 e. The van der Waals surface area contributed by atoms with Crippen LogP contribution in [0.2, 0.25) is 0 Å². The van der Waals surface area contributed by atoms with E-state index in [1.165, 1.54) is 5.69 Å². The van der Waals surface area contributed by atoms with E-state index in [0.717, 1.165) is 58.8 Å². The van der Waals surface area contributed by atoms with Gasteiger partial charge in [-0.05, 0) is 42.5 Å². The Kier molecular flexibility index (Phi) is 4.69. The third-order valence-corrected chi connectivity index (χ3v) is 5.76. The van der Waals surface area contributed by atoms with Gasteiger partial charge in [0, 0.05) is 55.0 Å². The molecule has 5 rings (SSSR count). The molecule has 0 bridgehead atoms. The van der Waals surface area contributed by atoms with Gasteiger partial charge in [0.25, 0.3) is 0 Å². The number of nitrogens with zero attached hydrogens (tertiary/aromatic N) is 4. The summed E-state index contributed by atoms with van der Waals surface area (Å²) in [5.74, 6) is 0. The first-order chi connectivity index (χ1) is 14.3. The summed E-state index contributed by atoms with van der Waals surface area (Å²) in [6, 6.07) is 20.7. The highest BCUT2D eigenvalue weighted by molar-refractivity contribution is 7.80. The first kappa shape index (κ1) is 17.8. The Morgan fingerprint density at radius 3 is 2.34 bits per heavy atom. The average molecular weight is 400 g/mol. The number of pyridine rings is 2.